The highest BCUT2D eigenvalue weighted by Gasteiger charge is 2.37. The summed E-state index contributed by atoms with van der Waals surface area (Å²) in [6.45, 7) is 4.49. The highest BCUT2D eigenvalue weighted by Crippen LogP contribution is 2.28. The van der Waals surface area contributed by atoms with E-state index in [1.54, 1.807) is 0 Å². The summed E-state index contributed by atoms with van der Waals surface area (Å²) >= 11 is 0. The van der Waals surface area contributed by atoms with Gasteiger partial charge in [-0.1, -0.05) is 24.3 Å². The van der Waals surface area contributed by atoms with Gasteiger partial charge in [0, 0.05) is 6.42 Å². The van der Waals surface area contributed by atoms with E-state index in [0.29, 0.717) is 6.61 Å². The second-order valence-electron chi connectivity index (χ2n) is 4.47. The predicted octanol–water partition coefficient (Wildman–Crippen LogP) is 1.66. The highest BCUT2D eigenvalue weighted by molar-refractivity contribution is 5.26. The predicted molar refractivity (Wildman–Crippen MR) is 61.2 cm³/mol. The lowest BCUT2D eigenvalue weighted by Gasteiger charge is -2.24. The topological polar surface area (TPSA) is 38.7 Å². The normalized spacial score (nSPS) is 29.6. The lowest BCUT2D eigenvalue weighted by atomic mass is 10.0. The van der Waals surface area contributed by atoms with E-state index in [0.717, 1.165) is 6.42 Å². The van der Waals surface area contributed by atoms with E-state index in [4.69, 9.17) is 14.6 Å². The zero-order valence-electron chi connectivity index (χ0n) is 9.77. The van der Waals surface area contributed by atoms with Crippen molar-refractivity contribution in [1.82, 2.24) is 0 Å². The fourth-order valence-corrected chi connectivity index (χ4v) is 2.03. The molecule has 3 heteroatoms. The van der Waals surface area contributed by atoms with Gasteiger partial charge in [-0.3, -0.25) is 0 Å². The third-order valence-corrected chi connectivity index (χ3v) is 2.97. The average molecular weight is 222 g/mol. The Morgan fingerprint density at radius 1 is 1.44 bits per heavy atom. The molecule has 2 unspecified atom stereocenters. The molecule has 0 aliphatic carbocycles. The van der Waals surface area contributed by atoms with Crippen molar-refractivity contribution in [2.75, 3.05) is 13.2 Å². The SMILES string of the molecule is Cc1ccccc1CC1(C)OCC(CO)O1. The van der Waals surface area contributed by atoms with Gasteiger partial charge in [-0.15, -0.1) is 0 Å². The molecule has 1 saturated heterocycles. The van der Waals surface area contributed by atoms with Crippen molar-refractivity contribution in [2.45, 2.75) is 32.2 Å². The minimum atomic E-state index is -0.598. The third-order valence-electron chi connectivity index (χ3n) is 2.97. The van der Waals surface area contributed by atoms with Gasteiger partial charge in [-0.2, -0.15) is 0 Å². The maximum absolute atomic E-state index is 9.01. The van der Waals surface area contributed by atoms with Crippen LogP contribution < -0.4 is 0 Å². The van der Waals surface area contributed by atoms with E-state index < -0.39 is 5.79 Å². The van der Waals surface area contributed by atoms with E-state index in [9.17, 15) is 0 Å². The van der Waals surface area contributed by atoms with Gasteiger partial charge in [0.25, 0.3) is 0 Å². The molecule has 0 spiro atoms. The van der Waals surface area contributed by atoms with Gasteiger partial charge in [0.2, 0.25) is 0 Å². The maximum Gasteiger partial charge on any atom is 0.170 e. The Hall–Kier alpha value is -0.900. The standard InChI is InChI=1S/C13H18O3/c1-10-5-3-4-6-11(10)7-13(2)15-9-12(8-14)16-13/h3-6,12,14H,7-9H2,1-2H3. The summed E-state index contributed by atoms with van der Waals surface area (Å²) < 4.78 is 11.3. The van der Waals surface area contributed by atoms with Crippen molar-refractivity contribution < 1.29 is 14.6 Å². The van der Waals surface area contributed by atoms with Crippen LogP contribution in [0.25, 0.3) is 0 Å². The zero-order valence-corrected chi connectivity index (χ0v) is 9.77. The monoisotopic (exact) mass is 222 g/mol. The molecule has 3 nitrogen and oxygen atoms in total. The van der Waals surface area contributed by atoms with Crippen LogP contribution in [0, 0.1) is 6.92 Å². The first kappa shape index (κ1) is 11.6. The molecule has 1 aliphatic rings. The van der Waals surface area contributed by atoms with Crippen LogP contribution in [0.5, 0.6) is 0 Å². The minimum absolute atomic E-state index is 0.0172. The van der Waals surface area contributed by atoms with Gasteiger partial charge in [-0.05, 0) is 25.0 Å². The number of aliphatic hydroxyl groups is 1. The number of hydrogen-bond acceptors (Lipinski definition) is 3. The molecule has 0 radical (unpaired) electrons. The lowest BCUT2D eigenvalue weighted by Crippen LogP contribution is -2.30. The molecule has 1 N–H and O–H groups in total. The third kappa shape index (κ3) is 2.43. The summed E-state index contributed by atoms with van der Waals surface area (Å²) in [7, 11) is 0. The molecule has 16 heavy (non-hydrogen) atoms. The molecular formula is C13H18O3. The molecular weight excluding hydrogens is 204 g/mol. The van der Waals surface area contributed by atoms with Gasteiger partial charge >= 0.3 is 0 Å². The molecule has 2 rings (SSSR count). The van der Waals surface area contributed by atoms with E-state index >= 15 is 0 Å². The fraction of sp³-hybridized carbons (Fsp3) is 0.538. The van der Waals surface area contributed by atoms with Crippen LogP contribution in [0.4, 0.5) is 0 Å². The number of benzene rings is 1. The molecule has 1 fully saturated rings. The molecule has 0 aromatic heterocycles. The molecule has 0 amide bonds. The number of rotatable bonds is 3. The Kier molecular flexibility index (Phi) is 3.28. The summed E-state index contributed by atoms with van der Waals surface area (Å²) in [5.41, 5.74) is 2.46. The molecule has 1 aromatic carbocycles. The maximum atomic E-state index is 9.01. The smallest absolute Gasteiger partial charge is 0.170 e. The second-order valence-corrected chi connectivity index (χ2v) is 4.47. The van der Waals surface area contributed by atoms with Crippen molar-refractivity contribution >= 4 is 0 Å². The highest BCUT2D eigenvalue weighted by atomic mass is 16.7. The van der Waals surface area contributed by atoms with Gasteiger partial charge in [-0.25, -0.2) is 0 Å². The average Bonchev–Trinajstić information content (AvgIpc) is 2.64. The van der Waals surface area contributed by atoms with Crippen LogP contribution in [0.2, 0.25) is 0 Å². The molecule has 1 heterocycles. The summed E-state index contributed by atoms with van der Waals surface area (Å²) in [6, 6.07) is 8.20. The van der Waals surface area contributed by atoms with E-state index in [-0.39, 0.29) is 12.7 Å². The Morgan fingerprint density at radius 2 is 2.19 bits per heavy atom. The first-order chi connectivity index (χ1) is 7.63. The van der Waals surface area contributed by atoms with Gasteiger partial charge in [0.05, 0.1) is 13.2 Å². The van der Waals surface area contributed by atoms with Crippen LogP contribution in [0.3, 0.4) is 0 Å². The summed E-state index contributed by atoms with van der Waals surface area (Å²) in [5, 5.41) is 9.01. The number of ether oxygens (including phenoxy) is 2. The summed E-state index contributed by atoms with van der Waals surface area (Å²) in [5.74, 6) is -0.598. The fourth-order valence-electron chi connectivity index (χ4n) is 2.03. The van der Waals surface area contributed by atoms with Crippen LogP contribution in [0.1, 0.15) is 18.1 Å². The van der Waals surface area contributed by atoms with Crippen LogP contribution in [-0.2, 0) is 15.9 Å². The Balaban J connectivity index is 2.08. The van der Waals surface area contributed by atoms with E-state index in [2.05, 4.69) is 19.1 Å². The van der Waals surface area contributed by atoms with Crippen LogP contribution in [-0.4, -0.2) is 30.2 Å². The molecule has 1 aromatic rings. The minimum Gasteiger partial charge on any atom is -0.394 e. The quantitative estimate of drug-likeness (QED) is 0.845. The second kappa shape index (κ2) is 4.53. The van der Waals surface area contributed by atoms with Crippen molar-refractivity contribution in [3.05, 3.63) is 35.4 Å². The molecule has 88 valence electrons. The van der Waals surface area contributed by atoms with Crippen molar-refractivity contribution in [3.8, 4) is 0 Å². The largest absolute Gasteiger partial charge is 0.394 e. The first-order valence-corrected chi connectivity index (χ1v) is 5.60. The Labute approximate surface area is 96.0 Å². The van der Waals surface area contributed by atoms with E-state index in [1.165, 1.54) is 11.1 Å². The Morgan fingerprint density at radius 3 is 2.81 bits per heavy atom. The van der Waals surface area contributed by atoms with Gasteiger partial charge in [0.1, 0.15) is 6.10 Å². The number of aryl methyl sites for hydroxylation is 1. The van der Waals surface area contributed by atoms with Gasteiger partial charge < -0.3 is 14.6 Å². The van der Waals surface area contributed by atoms with Gasteiger partial charge in [0.15, 0.2) is 5.79 Å². The zero-order chi connectivity index (χ0) is 11.6. The summed E-state index contributed by atoms with van der Waals surface area (Å²) in [6.07, 6.45) is 0.532. The Bertz CT molecular complexity index is 364. The van der Waals surface area contributed by atoms with Crippen molar-refractivity contribution in [2.24, 2.45) is 0 Å². The first-order valence-electron chi connectivity index (χ1n) is 5.60. The molecule has 2 atom stereocenters. The van der Waals surface area contributed by atoms with Crippen molar-refractivity contribution in [3.63, 3.8) is 0 Å². The summed E-state index contributed by atoms with van der Waals surface area (Å²) in [4.78, 5) is 0. The lowest BCUT2D eigenvalue weighted by molar-refractivity contribution is -0.156. The molecule has 0 saturated carbocycles. The number of aliphatic hydroxyl groups excluding tert-OH is 1. The number of hydrogen-bond donors (Lipinski definition) is 1. The molecule has 0 bridgehead atoms. The molecule has 1 aliphatic heterocycles. The van der Waals surface area contributed by atoms with Crippen LogP contribution >= 0.6 is 0 Å². The van der Waals surface area contributed by atoms with Crippen molar-refractivity contribution in [1.29, 1.82) is 0 Å². The van der Waals surface area contributed by atoms with Crippen LogP contribution in [0.15, 0.2) is 24.3 Å². The van der Waals surface area contributed by atoms with E-state index in [1.807, 2.05) is 19.1 Å².